The monoisotopic (exact) mass is 173 g/mol. The first kappa shape index (κ1) is 10.0. The summed E-state index contributed by atoms with van der Waals surface area (Å²) in [4.78, 5) is 0. The molecule has 0 aromatic heterocycles. The smallest absolute Gasteiger partial charge is 0.0160 e. The second kappa shape index (κ2) is 7.60. The van der Waals surface area contributed by atoms with E-state index in [1.807, 2.05) is 6.08 Å². The lowest BCUT2D eigenvalue weighted by molar-refractivity contribution is 0.866. The van der Waals surface area contributed by atoms with Gasteiger partial charge in [0.15, 0.2) is 0 Å². The Morgan fingerprint density at radius 1 is 0.769 bits per heavy atom. The molecule has 0 nitrogen and oxygen atoms in total. The average molecular weight is 173 g/mol. The summed E-state index contributed by atoms with van der Waals surface area (Å²) in [5.74, 6) is 0. The Labute approximate surface area is 81.4 Å². The zero-order chi connectivity index (χ0) is 9.19. The van der Waals surface area contributed by atoms with Crippen LogP contribution in [0.4, 0.5) is 0 Å². The highest BCUT2D eigenvalue weighted by Crippen LogP contribution is 2.00. The van der Waals surface area contributed by atoms with E-state index < -0.39 is 0 Å². The zero-order valence-electron chi connectivity index (χ0n) is 8.08. The molecule has 0 heteroatoms. The van der Waals surface area contributed by atoms with Gasteiger partial charge in [0, 0.05) is 0 Å². The minimum atomic E-state index is 0.998. The summed E-state index contributed by atoms with van der Waals surface area (Å²) in [7, 11) is 0. The SMILES string of the molecule is [C]1=C/C/C=C/C/C=C/CCC/C=C/1. The van der Waals surface area contributed by atoms with Crippen molar-refractivity contribution in [3.8, 4) is 0 Å². The summed E-state index contributed by atoms with van der Waals surface area (Å²) in [6, 6.07) is 0. The zero-order valence-corrected chi connectivity index (χ0v) is 8.08. The molecule has 0 atom stereocenters. The van der Waals surface area contributed by atoms with Gasteiger partial charge >= 0.3 is 0 Å². The Morgan fingerprint density at radius 2 is 1.54 bits per heavy atom. The lowest BCUT2D eigenvalue weighted by Gasteiger charge is -1.88. The minimum absolute atomic E-state index is 0.998. The maximum Gasteiger partial charge on any atom is -0.0160 e. The summed E-state index contributed by atoms with van der Waals surface area (Å²) in [6.07, 6.45) is 24.0. The molecule has 0 unspecified atom stereocenters. The van der Waals surface area contributed by atoms with Crippen LogP contribution >= 0.6 is 0 Å². The highest BCUT2D eigenvalue weighted by molar-refractivity contribution is 5.01. The fraction of sp³-hybridized carbons (Fsp3) is 0.385. The van der Waals surface area contributed by atoms with Gasteiger partial charge in [-0.3, -0.25) is 0 Å². The first-order valence-corrected chi connectivity index (χ1v) is 5.03. The summed E-state index contributed by atoms with van der Waals surface area (Å²) in [6.45, 7) is 0. The van der Waals surface area contributed by atoms with Gasteiger partial charge in [-0.1, -0.05) is 42.5 Å². The maximum absolute atomic E-state index is 3.15. The topological polar surface area (TPSA) is 0 Å². The van der Waals surface area contributed by atoms with Gasteiger partial charge in [-0.05, 0) is 38.2 Å². The first-order valence-electron chi connectivity index (χ1n) is 5.03. The fourth-order valence-corrected chi connectivity index (χ4v) is 1.19. The van der Waals surface area contributed by atoms with Gasteiger partial charge in [0.25, 0.3) is 0 Å². The highest BCUT2D eigenvalue weighted by atomic mass is 13.9. The molecule has 1 radical (unpaired) electrons. The third kappa shape index (κ3) is 6.15. The molecule has 0 saturated heterocycles. The van der Waals surface area contributed by atoms with Gasteiger partial charge in [0.2, 0.25) is 0 Å². The fourth-order valence-electron chi connectivity index (χ4n) is 1.19. The Bertz CT molecular complexity index is 216. The standard InChI is InChI=1S/C13H17/c1-2-4-6-8-10-12-13-11-9-7-5-3-1/h1-2,5-7,10,12H,3-4,9,11,13H2/b2-1+,7-5+,8-6?,12-10+. The van der Waals surface area contributed by atoms with E-state index in [0.717, 1.165) is 12.8 Å². The van der Waals surface area contributed by atoms with E-state index in [1.54, 1.807) is 0 Å². The number of hydrogen-bond acceptors (Lipinski definition) is 0. The molecule has 0 heterocycles. The van der Waals surface area contributed by atoms with Crippen molar-refractivity contribution >= 4 is 0 Å². The van der Waals surface area contributed by atoms with Gasteiger partial charge in [-0.25, -0.2) is 0 Å². The van der Waals surface area contributed by atoms with Gasteiger partial charge in [-0.2, -0.15) is 0 Å². The van der Waals surface area contributed by atoms with Crippen LogP contribution in [0.15, 0.2) is 42.5 Å². The molecule has 0 bridgehead atoms. The van der Waals surface area contributed by atoms with E-state index in [9.17, 15) is 0 Å². The lowest BCUT2D eigenvalue weighted by atomic mass is 10.2. The summed E-state index contributed by atoms with van der Waals surface area (Å²) in [5, 5.41) is 0. The first-order chi connectivity index (χ1) is 6.50. The van der Waals surface area contributed by atoms with E-state index in [2.05, 4.69) is 42.5 Å². The average Bonchev–Trinajstić information content (AvgIpc) is 2.18. The van der Waals surface area contributed by atoms with E-state index in [4.69, 9.17) is 0 Å². The molecule has 0 aromatic rings. The molecule has 0 spiro atoms. The van der Waals surface area contributed by atoms with Gasteiger partial charge in [0.05, 0.1) is 0 Å². The quantitative estimate of drug-likeness (QED) is 0.486. The molecule has 1 rings (SSSR count). The summed E-state index contributed by atoms with van der Waals surface area (Å²) in [5.41, 5.74) is 0. The molecular weight excluding hydrogens is 156 g/mol. The van der Waals surface area contributed by atoms with Gasteiger partial charge in [-0.15, -0.1) is 0 Å². The second-order valence-electron chi connectivity index (χ2n) is 3.12. The van der Waals surface area contributed by atoms with Crippen LogP contribution in [-0.2, 0) is 0 Å². The maximum atomic E-state index is 3.15. The van der Waals surface area contributed by atoms with Crippen molar-refractivity contribution in [1.82, 2.24) is 0 Å². The molecule has 0 fully saturated rings. The second-order valence-corrected chi connectivity index (χ2v) is 3.12. The molecule has 0 aromatic carbocycles. The largest absolute Gasteiger partial charge is 0.0882 e. The number of rotatable bonds is 0. The van der Waals surface area contributed by atoms with Crippen LogP contribution in [0.25, 0.3) is 0 Å². The van der Waals surface area contributed by atoms with Crippen molar-refractivity contribution in [3.05, 3.63) is 48.6 Å². The van der Waals surface area contributed by atoms with Crippen molar-refractivity contribution in [2.75, 3.05) is 0 Å². The predicted molar refractivity (Wildman–Crippen MR) is 58.3 cm³/mol. The Hall–Kier alpha value is -1.04. The van der Waals surface area contributed by atoms with Crippen molar-refractivity contribution < 1.29 is 0 Å². The van der Waals surface area contributed by atoms with Gasteiger partial charge in [0.1, 0.15) is 0 Å². The summed E-state index contributed by atoms with van der Waals surface area (Å²) < 4.78 is 0. The van der Waals surface area contributed by atoms with E-state index in [-0.39, 0.29) is 0 Å². The summed E-state index contributed by atoms with van der Waals surface area (Å²) >= 11 is 0. The van der Waals surface area contributed by atoms with Crippen LogP contribution in [0.5, 0.6) is 0 Å². The molecular formula is C13H17. The molecule has 0 saturated carbocycles. The molecule has 13 heavy (non-hydrogen) atoms. The Balaban J connectivity index is 2.38. The third-order valence-electron chi connectivity index (χ3n) is 1.93. The highest BCUT2D eigenvalue weighted by Gasteiger charge is 1.80. The van der Waals surface area contributed by atoms with E-state index in [0.29, 0.717) is 0 Å². The van der Waals surface area contributed by atoms with Crippen LogP contribution in [0.2, 0.25) is 0 Å². The Kier molecular flexibility index (Phi) is 5.87. The normalized spacial score (nSPS) is 28.9. The van der Waals surface area contributed by atoms with Crippen LogP contribution < -0.4 is 0 Å². The van der Waals surface area contributed by atoms with Crippen molar-refractivity contribution in [1.29, 1.82) is 0 Å². The molecule has 1 aliphatic rings. The van der Waals surface area contributed by atoms with Crippen molar-refractivity contribution in [3.63, 3.8) is 0 Å². The van der Waals surface area contributed by atoms with Crippen LogP contribution in [-0.4, -0.2) is 0 Å². The Morgan fingerprint density at radius 3 is 2.54 bits per heavy atom. The minimum Gasteiger partial charge on any atom is -0.0882 e. The lowest BCUT2D eigenvalue weighted by Crippen LogP contribution is -1.68. The number of hydrogen-bond donors (Lipinski definition) is 0. The van der Waals surface area contributed by atoms with Crippen molar-refractivity contribution in [2.45, 2.75) is 32.1 Å². The molecule has 0 aliphatic heterocycles. The van der Waals surface area contributed by atoms with E-state index in [1.165, 1.54) is 19.3 Å². The van der Waals surface area contributed by atoms with Crippen LogP contribution in [0.3, 0.4) is 0 Å². The number of allylic oxidation sites excluding steroid dienone is 8. The molecule has 1 aliphatic carbocycles. The molecule has 0 amide bonds. The van der Waals surface area contributed by atoms with Crippen LogP contribution in [0, 0.1) is 6.08 Å². The third-order valence-corrected chi connectivity index (χ3v) is 1.93. The van der Waals surface area contributed by atoms with E-state index >= 15 is 0 Å². The van der Waals surface area contributed by atoms with Crippen LogP contribution in [0.1, 0.15) is 32.1 Å². The molecule has 0 N–H and O–H groups in total. The molecule has 69 valence electrons. The predicted octanol–water partition coefficient (Wildman–Crippen LogP) is 3.98. The van der Waals surface area contributed by atoms with Gasteiger partial charge < -0.3 is 0 Å². The van der Waals surface area contributed by atoms with Crippen molar-refractivity contribution in [2.24, 2.45) is 0 Å².